The molecule has 0 amide bonds. The van der Waals surface area contributed by atoms with Crippen molar-refractivity contribution in [1.29, 1.82) is 0 Å². The molecule has 1 fully saturated rings. The van der Waals surface area contributed by atoms with Crippen molar-refractivity contribution in [1.82, 2.24) is 5.32 Å². The van der Waals surface area contributed by atoms with Crippen LogP contribution in [0.15, 0.2) is 36.4 Å². The molecule has 2 heteroatoms. The van der Waals surface area contributed by atoms with Gasteiger partial charge in [0.05, 0.1) is 7.11 Å². The summed E-state index contributed by atoms with van der Waals surface area (Å²) < 4.78 is 5.50. The van der Waals surface area contributed by atoms with Crippen LogP contribution in [-0.4, -0.2) is 19.7 Å². The van der Waals surface area contributed by atoms with E-state index in [4.69, 9.17) is 4.74 Å². The molecule has 1 aliphatic rings. The first kappa shape index (κ1) is 14.4. The van der Waals surface area contributed by atoms with Crippen molar-refractivity contribution in [3.63, 3.8) is 0 Å². The number of benzene rings is 2. The Morgan fingerprint density at radius 3 is 2.48 bits per heavy atom. The van der Waals surface area contributed by atoms with Gasteiger partial charge in [0.25, 0.3) is 0 Å². The molecule has 0 atom stereocenters. The molecule has 1 N–H and O–H groups in total. The highest BCUT2D eigenvalue weighted by molar-refractivity contribution is 5.91. The third kappa shape index (κ3) is 3.06. The van der Waals surface area contributed by atoms with Crippen molar-refractivity contribution >= 4 is 10.8 Å². The van der Waals surface area contributed by atoms with E-state index in [-0.39, 0.29) is 5.41 Å². The van der Waals surface area contributed by atoms with Gasteiger partial charge in [-0.25, -0.2) is 0 Å². The van der Waals surface area contributed by atoms with Crippen molar-refractivity contribution < 1.29 is 4.74 Å². The Kier molecular flexibility index (Phi) is 3.90. The van der Waals surface area contributed by atoms with Gasteiger partial charge in [-0.05, 0) is 48.2 Å². The van der Waals surface area contributed by atoms with E-state index in [1.807, 2.05) is 0 Å². The zero-order chi connectivity index (χ0) is 14.9. The van der Waals surface area contributed by atoms with Gasteiger partial charge in [0, 0.05) is 11.4 Å². The molecule has 0 heterocycles. The summed E-state index contributed by atoms with van der Waals surface area (Å²) in [4.78, 5) is 0. The summed E-state index contributed by atoms with van der Waals surface area (Å²) in [7, 11) is 1.74. The molecule has 1 saturated carbocycles. The predicted octanol–water partition coefficient (Wildman–Crippen LogP) is 4.27. The lowest BCUT2D eigenvalue weighted by molar-refractivity contribution is 0.418. The summed E-state index contributed by atoms with van der Waals surface area (Å²) in [5, 5.41) is 6.15. The average molecular weight is 283 g/mol. The van der Waals surface area contributed by atoms with E-state index in [0.29, 0.717) is 0 Å². The van der Waals surface area contributed by atoms with Gasteiger partial charge in [-0.15, -0.1) is 0 Å². The quantitative estimate of drug-likeness (QED) is 0.855. The number of methoxy groups -OCH3 is 1. The molecule has 0 aromatic heterocycles. The van der Waals surface area contributed by atoms with Gasteiger partial charge in [-0.2, -0.15) is 0 Å². The maximum Gasteiger partial charge on any atom is 0.126 e. The number of fused-ring (bicyclic) bond motifs is 1. The minimum absolute atomic E-state index is 0.160. The fraction of sp³-hybridized carbons (Fsp3) is 0.474. The van der Waals surface area contributed by atoms with Gasteiger partial charge in [-0.3, -0.25) is 0 Å². The van der Waals surface area contributed by atoms with Crippen LogP contribution in [0.4, 0.5) is 0 Å². The van der Waals surface area contributed by atoms with Crippen molar-refractivity contribution in [3.8, 4) is 5.75 Å². The molecule has 21 heavy (non-hydrogen) atoms. The molecule has 2 aromatic carbocycles. The van der Waals surface area contributed by atoms with Crippen molar-refractivity contribution in [2.75, 3.05) is 13.7 Å². The Labute approximate surface area is 127 Å². The van der Waals surface area contributed by atoms with E-state index < -0.39 is 0 Å². The van der Waals surface area contributed by atoms with Crippen LogP contribution >= 0.6 is 0 Å². The van der Waals surface area contributed by atoms with Crippen LogP contribution in [0.2, 0.25) is 0 Å². The molecule has 2 aromatic rings. The molecule has 0 bridgehead atoms. The Hall–Kier alpha value is -1.54. The Morgan fingerprint density at radius 1 is 1.10 bits per heavy atom. The smallest absolute Gasteiger partial charge is 0.126 e. The first-order chi connectivity index (χ1) is 10.1. The molecule has 1 aliphatic carbocycles. The van der Waals surface area contributed by atoms with E-state index in [1.165, 1.54) is 29.2 Å². The van der Waals surface area contributed by atoms with Gasteiger partial charge in [-0.1, -0.05) is 44.2 Å². The highest BCUT2D eigenvalue weighted by atomic mass is 16.5. The van der Waals surface area contributed by atoms with Crippen LogP contribution in [0.25, 0.3) is 10.8 Å². The standard InChI is InChI=1S/C19H25NO/c1-19(2,12-13-20-14-8-9-14)17-10-11-18(21-3)16-7-5-4-6-15(16)17/h4-7,10-11,14,20H,8-9,12-13H2,1-3H3. The first-order valence-corrected chi connectivity index (χ1v) is 7.91. The SMILES string of the molecule is COc1ccc(C(C)(C)CCNC2CC2)c2ccccc12. The number of ether oxygens (including phenoxy) is 1. The zero-order valence-corrected chi connectivity index (χ0v) is 13.3. The number of nitrogens with one attached hydrogen (secondary N) is 1. The normalized spacial score (nSPS) is 15.4. The number of hydrogen-bond acceptors (Lipinski definition) is 2. The molecular weight excluding hydrogens is 258 g/mol. The largest absolute Gasteiger partial charge is 0.496 e. The van der Waals surface area contributed by atoms with Gasteiger partial charge >= 0.3 is 0 Å². The molecule has 0 saturated heterocycles. The van der Waals surface area contributed by atoms with Crippen molar-refractivity contribution in [2.24, 2.45) is 0 Å². The van der Waals surface area contributed by atoms with Gasteiger partial charge in [0.2, 0.25) is 0 Å². The lowest BCUT2D eigenvalue weighted by atomic mass is 9.79. The molecular formula is C19H25NO. The lowest BCUT2D eigenvalue weighted by Gasteiger charge is -2.27. The highest BCUT2D eigenvalue weighted by Gasteiger charge is 2.25. The maximum absolute atomic E-state index is 5.50. The summed E-state index contributed by atoms with van der Waals surface area (Å²) in [5.74, 6) is 0.959. The topological polar surface area (TPSA) is 21.3 Å². The second kappa shape index (κ2) is 5.69. The van der Waals surface area contributed by atoms with E-state index in [9.17, 15) is 0 Å². The van der Waals surface area contributed by atoms with Crippen molar-refractivity contribution in [3.05, 3.63) is 42.0 Å². The Morgan fingerprint density at radius 2 is 1.81 bits per heavy atom. The monoisotopic (exact) mass is 283 g/mol. The second-order valence-electron chi connectivity index (χ2n) is 6.72. The summed E-state index contributed by atoms with van der Waals surface area (Å²) in [6, 6.07) is 13.7. The predicted molar refractivity (Wildman–Crippen MR) is 89.2 cm³/mol. The summed E-state index contributed by atoms with van der Waals surface area (Å²) in [6.07, 6.45) is 3.86. The highest BCUT2D eigenvalue weighted by Crippen LogP contribution is 2.36. The molecule has 112 valence electrons. The first-order valence-electron chi connectivity index (χ1n) is 7.91. The summed E-state index contributed by atoms with van der Waals surface area (Å²) in [5.41, 5.74) is 1.57. The van der Waals surface area contributed by atoms with E-state index in [2.05, 4.69) is 55.6 Å². The second-order valence-corrected chi connectivity index (χ2v) is 6.72. The maximum atomic E-state index is 5.50. The molecule has 0 unspecified atom stereocenters. The van der Waals surface area contributed by atoms with Crippen LogP contribution in [0.3, 0.4) is 0 Å². The van der Waals surface area contributed by atoms with Crippen molar-refractivity contribution in [2.45, 2.75) is 44.6 Å². The average Bonchev–Trinajstić information content (AvgIpc) is 3.30. The minimum Gasteiger partial charge on any atom is -0.496 e. The van der Waals surface area contributed by atoms with E-state index >= 15 is 0 Å². The minimum atomic E-state index is 0.160. The van der Waals surface area contributed by atoms with Gasteiger partial charge in [0.15, 0.2) is 0 Å². The molecule has 0 aliphatic heterocycles. The zero-order valence-electron chi connectivity index (χ0n) is 13.3. The number of hydrogen-bond donors (Lipinski definition) is 1. The van der Waals surface area contributed by atoms with Crippen LogP contribution < -0.4 is 10.1 Å². The van der Waals surface area contributed by atoms with Gasteiger partial charge < -0.3 is 10.1 Å². The summed E-state index contributed by atoms with van der Waals surface area (Å²) in [6.45, 7) is 5.78. The Balaban J connectivity index is 1.90. The molecule has 0 radical (unpaired) electrons. The number of rotatable bonds is 6. The van der Waals surface area contributed by atoms with Crippen LogP contribution in [0.1, 0.15) is 38.7 Å². The van der Waals surface area contributed by atoms with Gasteiger partial charge in [0.1, 0.15) is 5.75 Å². The fourth-order valence-corrected chi connectivity index (χ4v) is 3.05. The molecule has 3 rings (SSSR count). The van der Waals surface area contributed by atoms with E-state index in [1.54, 1.807) is 7.11 Å². The lowest BCUT2D eigenvalue weighted by Crippen LogP contribution is -2.26. The Bertz CT molecular complexity index is 628. The van der Waals surface area contributed by atoms with Crippen LogP contribution in [0, 0.1) is 0 Å². The summed E-state index contributed by atoms with van der Waals surface area (Å²) >= 11 is 0. The van der Waals surface area contributed by atoms with Crippen LogP contribution in [-0.2, 0) is 5.41 Å². The fourth-order valence-electron chi connectivity index (χ4n) is 3.05. The molecule has 0 spiro atoms. The van der Waals surface area contributed by atoms with Crippen LogP contribution in [0.5, 0.6) is 5.75 Å². The molecule has 2 nitrogen and oxygen atoms in total. The third-order valence-corrected chi connectivity index (χ3v) is 4.59. The third-order valence-electron chi connectivity index (χ3n) is 4.59. The van der Waals surface area contributed by atoms with E-state index in [0.717, 1.165) is 24.8 Å².